The normalized spacial score (nSPS) is 13.8. The fourth-order valence-electron chi connectivity index (χ4n) is 1.44. The number of furan rings is 1. The molecule has 0 bridgehead atoms. The maximum Gasteiger partial charge on any atom is 0.177 e. The number of Topliss-reactive ketones (excluding diaryl/α,β-unsaturated/α-hetero) is 1. The van der Waals surface area contributed by atoms with E-state index in [9.17, 15) is 4.79 Å². The van der Waals surface area contributed by atoms with Crippen LogP contribution in [0.4, 0.5) is 0 Å². The lowest BCUT2D eigenvalue weighted by Gasteiger charge is -1.95. The molecule has 72 valence electrons. The van der Waals surface area contributed by atoms with Crippen LogP contribution in [0, 0.1) is 0 Å². The van der Waals surface area contributed by atoms with Gasteiger partial charge in [0.15, 0.2) is 5.78 Å². The van der Waals surface area contributed by atoms with Crippen LogP contribution in [0.1, 0.15) is 21.7 Å². The lowest BCUT2D eigenvalue weighted by molar-refractivity contribution is 0.102. The second-order valence-corrected chi connectivity index (χ2v) is 3.60. The van der Waals surface area contributed by atoms with Crippen LogP contribution in [0.5, 0.6) is 0 Å². The molecule has 14 heavy (non-hydrogen) atoms. The van der Waals surface area contributed by atoms with Gasteiger partial charge >= 0.3 is 0 Å². The molecule has 1 heterocycles. The number of fused-ring (bicyclic) bond motifs is 1. The molecule has 0 N–H and O–H groups in total. The molecule has 2 nitrogen and oxygen atoms in total. The van der Waals surface area contributed by atoms with E-state index in [1.807, 2.05) is 24.3 Å². The molecule has 0 atom stereocenters. The molecule has 3 heteroatoms. The minimum absolute atomic E-state index is 0.0570. The predicted molar refractivity (Wildman–Crippen MR) is 58.7 cm³/mol. The zero-order valence-corrected chi connectivity index (χ0v) is 9.08. The van der Waals surface area contributed by atoms with Gasteiger partial charge in [-0.25, -0.2) is 0 Å². The average Bonchev–Trinajstić information content (AvgIpc) is 2.46. The first-order valence-electron chi connectivity index (χ1n) is 4.35. The molecule has 1 aliphatic carbocycles. The number of carbonyl (C=O) groups excluding carboxylic acids is 1. The SMILES string of the molecule is O=C(CBr)c1coc2c1C=CC=CC2. The Bertz CT molecular complexity index is 413. The fourth-order valence-corrected chi connectivity index (χ4v) is 1.74. The molecule has 0 unspecified atom stereocenters. The third-order valence-electron chi connectivity index (χ3n) is 2.14. The molecule has 0 saturated heterocycles. The fraction of sp³-hybridized carbons (Fsp3) is 0.182. The van der Waals surface area contributed by atoms with Crippen molar-refractivity contribution in [1.29, 1.82) is 0 Å². The van der Waals surface area contributed by atoms with E-state index in [4.69, 9.17) is 4.42 Å². The number of alkyl halides is 1. The maximum absolute atomic E-state index is 11.5. The molecule has 0 aromatic carbocycles. The van der Waals surface area contributed by atoms with Crippen LogP contribution in [0.25, 0.3) is 6.08 Å². The Morgan fingerprint density at radius 1 is 1.50 bits per heavy atom. The Morgan fingerprint density at radius 2 is 2.36 bits per heavy atom. The first-order chi connectivity index (χ1) is 6.83. The van der Waals surface area contributed by atoms with Crippen LogP contribution in [-0.2, 0) is 6.42 Å². The number of rotatable bonds is 2. The van der Waals surface area contributed by atoms with Crippen molar-refractivity contribution < 1.29 is 9.21 Å². The maximum atomic E-state index is 11.5. The summed E-state index contributed by atoms with van der Waals surface area (Å²) in [6.45, 7) is 0. The highest BCUT2D eigenvalue weighted by Gasteiger charge is 2.16. The highest BCUT2D eigenvalue weighted by atomic mass is 79.9. The van der Waals surface area contributed by atoms with Gasteiger partial charge in [0.05, 0.1) is 10.9 Å². The summed E-state index contributed by atoms with van der Waals surface area (Å²) < 4.78 is 5.35. The van der Waals surface area contributed by atoms with Gasteiger partial charge in [-0.15, -0.1) is 0 Å². The summed E-state index contributed by atoms with van der Waals surface area (Å²) in [4.78, 5) is 11.5. The quantitative estimate of drug-likeness (QED) is 0.599. The lowest BCUT2D eigenvalue weighted by Crippen LogP contribution is -2.00. The molecule has 0 radical (unpaired) electrons. The molecule has 1 aromatic rings. The minimum atomic E-state index is 0.0570. The van der Waals surface area contributed by atoms with E-state index < -0.39 is 0 Å². The van der Waals surface area contributed by atoms with E-state index in [-0.39, 0.29) is 5.78 Å². The molecular formula is C11H9BrO2. The van der Waals surface area contributed by atoms with Gasteiger partial charge in [0.2, 0.25) is 0 Å². The van der Waals surface area contributed by atoms with Crippen molar-refractivity contribution in [3.8, 4) is 0 Å². The van der Waals surface area contributed by atoms with Gasteiger partial charge in [-0.2, -0.15) is 0 Å². The van der Waals surface area contributed by atoms with Crippen LogP contribution in [0.15, 0.2) is 28.9 Å². The number of hydrogen-bond donors (Lipinski definition) is 0. The zero-order chi connectivity index (χ0) is 9.97. The Labute approximate surface area is 90.4 Å². The monoisotopic (exact) mass is 252 g/mol. The number of hydrogen-bond acceptors (Lipinski definition) is 2. The van der Waals surface area contributed by atoms with E-state index in [1.165, 1.54) is 6.26 Å². The number of halogens is 1. The van der Waals surface area contributed by atoms with Crippen molar-refractivity contribution >= 4 is 27.8 Å². The summed E-state index contributed by atoms with van der Waals surface area (Å²) >= 11 is 3.15. The topological polar surface area (TPSA) is 30.2 Å². The summed E-state index contributed by atoms with van der Waals surface area (Å²) in [5.41, 5.74) is 1.58. The van der Waals surface area contributed by atoms with Crippen LogP contribution in [-0.4, -0.2) is 11.1 Å². The smallest absolute Gasteiger partial charge is 0.177 e. The van der Waals surface area contributed by atoms with E-state index in [0.717, 1.165) is 17.7 Å². The van der Waals surface area contributed by atoms with Crippen molar-refractivity contribution in [2.75, 3.05) is 5.33 Å². The summed E-state index contributed by atoms with van der Waals surface area (Å²) in [5.74, 6) is 0.917. The van der Waals surface area contributed by atoms with Gasteiger partial charge in [0.25, 0.3) is 0 Å². The molecule has 0 aliphatic heterocycles. The second kappa shape index (κ2) is 3.96. The number of carbonyl (C=O) groups is 1. The molecule has 1 aliphatic rings. The van der Waals surface area contributed by atoms with Gasteiger partial charge in [-0.1, -0.05) is 40.2 Å². The molecular weight excluding hydrogens is 244 g/mol. The van der Waals surface area contributed by atoms with Crippen molar-refractivity contribution in [1.82, 2.24) is 0 Å². The van der Waals surface area contributed by atoms with E-state index in [1.54, 1.807) is 0 Å². The molecule has 1 aromatic heterocycles. The van der Waals surface area contributed by atoms with E-state index in [2.05, 4.69) is 15.9 Å². The largest absolute Gasteiger partial charge is 0.468 e. The highest BCUT2D eigenvalue weighted by molar-refractivity contribution is 9.09. The van der Waals surface area contributed by atoms with Gasteiger partial charge in [0.1, 0.15) is 12.0 Å². The molecule has 0 fully saturated rings. The standard InChI is InChI=1S/C11H9BrO2/c12-6-10(13)9-7-14-11-5-3-1-2-4-8(9)11/h1-4,7H,5-6H2. The second-order valence-electron chi connectivity index (χ2n) is 3.03. The Hall–Kier alpha value is -1.09. The Morgan fingerprint density at radius 3 is 3.14 bits per heavy atom. The van der Waals surface area contributed by atoms with Crippen molar-refractivity contribution in [2.24, 2.45) is 0 Å². The summed E-state index contributed by atoms with van der Waals surface area (Å²) in [6, 6.07) is 0. The molecule has 0 saturated carbocycles. The zero-order valence-electron chi connectivity index (χ0n) is 7.50. The van der Waals surface area contributed by atoms with E-state index in [0.29, 0.717) is 10.9 Å². The lowest BCUT2D eigenvalue weighted by atomic mass is 10.1. The highest BCUT2D eigenvalue weighted by Crippen LogP contribution is 2.22. The third kappa shape index (κ3) is 1.60. The summed E-state index contributed by atoms with van der Waals surface area (Å²) in [6.07, 6.45) is 10.1. The van der Waals surface area contributed by atoms with Crippen LogP contribution < -0.4 is 0 Å². The first kappa shape index (κ1) is 9.46. The summed E-state index contributed by atoms with van der Waals surface area (Å²) in [5, 5.41) is 0.334. The van der Waals surface area contributed by atoms with E-state index >= 15 is 0 Å². The Kier molecular flexibility index (Phi) is 2.68. The Balaban J connectivity index is 2.46. The van der Waals surface area contributed by atoms with Crippen molar-refractivity contribution in [2.45, 2.75) is 6.42 Å². The van der Waals surface area contributed by atoms with Crippen LogP contribution >= 0.6 is 15.9 Å². The third-order valence-corrected chi connectivity index (χ3v) is 2.65. The van der Waals surface area contributed by atoms with Gasteiger partial charge in [-0.3, -0.25) is 4.79 Å². The van der Waals surface area contributed by atoms with Gasteiger partial charge in [-0.05, 0) is 0 Å². The number of ketones is 1. The van der Waals surface area contributed by atoms with Gasteiger partial charge < -0.3 is 4.42 Å². The summed E-state index contributed by atoms with van der Waals surface area (Å²) in [7, 11) is 0. The van der Waals surface area contributed by atoms with Crippen LogP contribution in [0.3, 0.4) is 0 Å². The molecule has 0 spiro atoms. The van der Waals surface area contributed by atoms with Crippen molar-refractivity contribution in [3.05, 3.63) is 41.4 Å². The molecule has 2 rings (SSSR count). The van der Waals surface area contributed by atoms with Crippen molar-refractivity contribution in [3.63, 3.8) is 0 Å². The number of allylic oxidation sites excluding steroid dienone is 3. The predicted octanol–water partition coefficient (Wildman–Crippen LogP) is 2.98. The average molecular weight is 253 g/mol. The van der Waals surface area contributed by atoms with Crippen LogP contribution in [0.2, 0.25) is 0 Å². The molecule has 0 amide bonds. The van der Waals surface area contributed by atoms with Gasteiger partial charge in [0, 0.05) is 12.0 Å². The first-order valence-corrected chi connectivity index (χ1v) is 5.48. The minimum Gasteiger partial charge on any atom is -0.468 e.